The van der Waals surface area contributed by atoms with Crippen LogP contribution in [0.1, 0.15) is 0 Å². The first-order valence-electron chi connectivity index (χ1n) is 10.7. The molecule has 5 rings (SSSR count). The fourth-order valence-electron chi connectivity index (χ4n) is 3.66. The van der Waals surface area contributed by atoms with Crippen LogP contribution in [-0.2, 0) is 0 Å². The van der Waals surface area contributed by atoms with E-state index >= 15 is 0 Å². The summed E-state index contributed by atoms with van der Waals surface area (Å²) in [5.74, 6) is 0.0162. The molecule has 0 fully saturated rings. The topological polar surface area (TPSA) is 80.5 Å². The number of alkyl halides is 2. The average Bonchev–Trinajstić information content (AvgIpc) is 3.29. The van der Waals surface area contributed by atoms with Crippen LogP contribution in [0.2, 0.25) is 0 Å². The molecule has 2 amide bonds. The summed E-state index contributed by atoms with van der Waals surface area (Å²) >= 11 is 0. The minimum Gasteiger partial charge on any atom is -0.435 e. The molecule has 0 bridgehead atoms. The minimum atomic E-state index is -2.90. The van der Waals surface area contributed by atoms with Crippen LogP contribution in [0.4, 0.5) is 25.0 Å². The molecule has 35 heavy (non-hydrogen) atoms. The van der Waals surface area contributed by atoms with Gasteiger partial charge in [0.2, 0.25) is 0 Å². The van der Waals surface area contributed by atoms with E-state index in [1.807, 2.05) is 53.2 Å². The normalized spacial score (nSPS) is 10.9. The Morgan fingerprint density at radius 2 is 1.49 bits per heavy atom. The first-order chi connectivity index (χ1) is 17.0. The highest BCUT2D eigenvalue weighted by Gasteiger charge is 2.09. The van der Waals surface area contributed by atoms with Crippen molar-refractivity contribution in [1.29, 1.82) is 0 Å². The number of urea groups is 1. The maximum absolute atomic E-state index is 12.3. The molecule has 174 valence electrons. The van der Waals surface area contributed by atoms with Crippen molar-refractivity contribution < 1.29 is 18.3 Å². The van der Waals surface area contributed by atoms with Crippen molar-refractivity contribution in [1.82, 2.24) is 14.4 Å². The number of carbonyl (C=O) groups is 1. The number of nitrogens with one attached hydrogen (secondary N) is 2. The molecule has 2 N–H and O–H groups in total. The molecule has 3 heterocycles. The molecule has 0 spiro atoms. The monoisotopic (exact) mass is 471 g/mol. The number of hydrogen-bond acceptors (Lipinski definition) is 4. The lowest BCUT2D eigenvalue weighted by molar-refractivity contribution is -0.0498. The summed E-state index contributed by atoms with van der Waals surface area (Å²) in [6.07, 6.45) is 7.30. The number of ether oxygens (including phenoxy) is 1. The van der Waals surface area contributed by atoms with Crippen molar-refractivity contribution in [3.05, 3.63) is 97.6 Å². The van der Waals surface area contributed by atoms with Gasteiger partial charge in [-0.05, 0) is 71.8 Å². The van der Waals surface area contributed by atoms with Crippen LogP contribution in [0, 0.1) is 0 Å². The number of imidazole rings is 1. The zero-order valence-electron chi connectivity index (χ0n) is 18.2. The standard InChI is InChI=1S/C26H19F2N5O2/c27-25(28)35-22-7-5-21(6-8-22)32-26(34)31-20-3-1-18(2-4-20)23-16-30-24-15-19(11-14-33(23)24)17-9-12-29-13-10-17/h1-16,25H,(H2,31,32,34). The number of pyridine rings is 2. The van der Waals surface area contributed by atoms with Crippen LogP contribution in [0.25, 0.3) is 28.0 Å². The first kappa shape index (κ1) is 22.0. The average molecular weight is 471 g/mol. The van der Waals surface area contributed by atoms with E-state index in [4.69, 9.17) is 0 Å². The SMILES string of the molecule is O=C(Nc1ccc(OC(F)F)cc1)Nc1ccc(-c2cnc3cc(-c4ccncc4)ccn23)cc1. The summed E-state index contributed by atoms with van der Waals surface area (Å²) < 4.78 is 30.8. The highest BCUT2D eigenvalue weighted by molar-refractivity contribution is 5.99. The van der Waals surface area contributed by atoms with E-state index in [1.165, 1.54) is 24.3 Å². The summed E-state index contributed by atoms with van der Waals surface area (Å²) in [6.45, 7) is -2.90. The van der Waals surface area contributed by atoms with Gasteiger partial charge in [0.15, 0.2) is 0 Å². The third-order valence-electron chi connectivity index (χ3n) is 5.30. The number of rotatable bonds is 6. The van der Waals surface area contributed by atoms with Crippen molar-refractivity contribution in [3.63, 3.8) is 0 Å². The molecular formula is C26H19F2N5O2. The molecule has 0 atom stereocenters. The smallest absolute Gasteiger partial charge is 0.387 e. The zero-order chi connectivity index (χ0) is 24.2. The molecule has 0 aliphatic heterocycles. The van der Waals surface area contributed by atoms with Gasteiger partial charge in [0.25, 0.3) is 0 Å². The van der Waals surface area contributed by atoms with Crippen LogP contribution in [-0.4, -0.2) is 27.0 Å². The van der Waals surface area contributed by atoms with Crippen molar-refractivity contribution in [2.24, 2.45) is 0 Å². The molecule has 3 aromatic heterocycles. The Bertz CT molecular complexity index is 1450. The summed E-state index contributed by atoms with van der Waals surface area (Å²) in [5.41, 5.74) is 5.84. The third-order valence-corrected chi connectivity index (χ3v) is 5.30. The van der Waals surface area contributed by atoms with E-state index in [0.717, 1.165) is 28.0 Å². The quantitative estimate of drug-likeness (QED) is 0.304. The second kappa shape index (κ2) is 9.60. The van der Waals surface area contributed by atoms with Gasteiger partial charge in [0.1, 0.15) is 11.4 Å². The van der Waals surface area contributed by atoms with E-state index in [9.17, 15) is 13.6 Å². The number of amides is 2. The molecule has 0 saturated carbocycles. The number of aromatic nitrogens is 3. The number of fused-ring (bicyclic) bond motifs is 1. The molecule has 0 aliphatic rings. The minimum absolute atomic E-state index is 0.0162. The lowest BCUT2D eigenvalue weighted by Gasteiger charge is -2.10. The van der Waals surface area contributed by atoms with Crippen LogP contribution >= 0.6 is 0 Å². The Kier molecular flexibility index (Phi) is 6.04. The maximum atomic E-state index is 12.3. The van der Waals surface area contributed by atoms with Gasteiger partial charge < -0.3 is 15.4 Å². The number of benzene rings is 2. The highest BCUT2D eigenvalue weighted by Crippen LogP contribution is 2.26. The summed E-state index contributed by atoms with van der Waals surface area (Å²) in [5, 5.41) is 5.39. The Balaban J connectivity index is 1.26. The maximum Gasteiger partial charge on any atom is 0.387 e. The Morgan fingerprint density at radius 3 is 2.14 bits per heavy atom. The largest absolute Gasteiger partial charge is 0.435 e. The zero-order valence-corrected chi connectivity index (χ0v) is 18.2. The Hall–Kier alpha value is -4.79. The number of nitrogens with zero attached hydrogens (tertiary/aromatic N) is 3. The van der Waals surface area contributed by atoms with Crippen molar-refractivity contribution in [2.75, 3.05) is 10.6 Å². The van der Waals surface area contributed by atoms with Crippen LogP contribution in [0.5, 0.6) is 5.75 Å². The van der Waals surface area contributed by atoms with Crippen molar-refractivity contribution >= 4 is 23.1 Å². The highest BCUT2D eigenvalue weighted by atomic mass is 19.3. The van der Waals surface area contributed by atoms with E-state index in [0.29, 0.717) is 11.4 Å². The van der Waals surface area contributed by atoms with Crippen LogP contribution in [0.15, 0.2) is 97.6 Å². The predicted molar refractivity (Wildman–Crippen MR) is 130 cm³/mol. The molecule has 2 aromatic carbocycles. The molecule has 9 heteroatoms. The van der Waals surface area contributed by atoms with Gasteiger partial charge in [0, 0.05) is 35.5 Å². The lowest BCUT2D eigenvalue weighted by Crippen LogP contribution is -2.19. The van der Waals surface area contributed by atoms with E-state index < -0.39 is 12.6 Å². The van der Waals surface area contributed by atoms with E-state index in [1.54, 1.807) is 24.5 Å². The molecule has 0 saturated heterocycles. The summed E-state index contributed by atoms with van der Waals surface area (Å²) in [4.78, 5) is 20.9. The summed E-state index contributed by atoms with van der Waals surface area (Å²) in [6, 6.07) is 20.5. The molecule has 7 nitrogen and oxygen atoms in total. The third kappa shape index (κ3) is 5.09. The number of carbonyl (C=O) groups excluding carboxylic acids is 1. The fraction of sp³-hybridized carbons (Fsp3) is 0.0385. The van der Waals surface area contributed by atoms with Gasteiger partial charge in [-0.25, -0.2) is 9.78 Å². The van der Waals surface area contributed by atoms with Crippen LogP contribution in [0.3, 0.4) is 0 Å². The molecule has 5 aromatic rings. The van der Waals surface area contributed by atoms with Gasteiger partial charge in [-0.15, -0.1) is 0 Å². The second-order valence-electron chi connectivity index (χ2n) is 7.58. The molecular weight excluding hydrogens is 452 g/mol. The van der Waals surface area contributed by atoms with Gasteiger partial charge in [0.05, 0.1) is 11.9 Å². The van der Waals surface area contributed by atoms with Gasteiger partial charge >= 0.3 is 12.6 Å². The van der Waals surface area contributed by atoms with E-state index in [2.05, 4.69) is 25.3 Å². The van der Waals surface area contributed by atoms with Gasteiger partial charge in [-0.1, -0.05) is 12.1 Å². The Labute approximate surface area is 199 Å². The first-order valence-corrected chi connectivity index (χ1v) is 10.7. The summed E-state index contributed by atoms with van der Waals surface area (Å²) in [7, 11) is 0. The van der Waals surface area contributed by atoms with Crippen molar-refractivity contribution in [2.45, 2.75) is 6.61 Å². The molecule has 0 radical (unpaired) electrons. The second-order valence-corrected chi connectivity index (χ2v) is 7.58. The van der Waals surface area contributed by atoms with Gasteiger partial charge in [-0.3, -0.25) is 9.38 Å². The van der Waals surface area contributed by atoms with Crippen molar-refractivity contribution in [3.8, 4) is 28.1 Å². The fourth-order valence-corrected chi connectivity index (χ4v) is 3.66. The number of hydrogen-bond donors (Lipinski definition) is 2. The molecule has 0 unspecified atom stereocenters. The van der Waals surface area contributed by atoms with E-state index in [-0.39, 0.29) is 5.75 Å². The number of halogens is 2. The lowest BCUT2D eigenvalue weighted by atomic mass is 10.1. The predicted octanol–water partition coefficient (Wildman–Crippen LogP) is 6.31. The molecule has 0 aliphatic carbocycles. The van der Waals surface area contributed by atoms with Gasteiger partial charge in [-0.2, -0.15) is 8.78 Å². The number of anilines is 2. The van der Waals surface area contributed by atoms with Crippen LogP contribution < -0.4 is 15.4 Å². The Morgan fingerprint density at radius 1 is 0.829 bits per heavy atom.